The van der Waals surface area contributed by atoms with Crippen molar-refractivity contribution in [2.75, 3.05) is 33.0 Å². The average molecular weight is 505 g/mol. The van der Waals surface area contributed by atoms with Crippen LogP contribution in [0, 0.1) is 5.41 Å². The Hall–Kier alpha value is -2.87. The molecule has 1 rings (SSSR count). The summed E-state index contributed by atoms with van der Waals surface area (Å²) in [7, 11) is 5.17. The maximum absolute atomic E-state index is 13.4. The molecule has 36 heavy (non-hydrogen) atoms. The van der Waals surface area contributed by atoms with Crippen molar-refractivity contribution in [2.45, 2.75) is 79.3 Å². The molecule has 1 aromatic rings. The summed E-state index contributed by atoms with van der Waals surface area (Å²) in [6.07, 6.45) is 2.73. The standard InChI is InChI=1S/C25H40N4O4.C3H8/c1-16(23(32)33)13-14-29(9)22(31)20(24(2,3)4)28-21(30)19(27-8)25(5,6)17-11-10-12-18(15-17)26-7;1-3-2/h10-13,15,19-20,26-27H,14H2,1-9H3,(H,28,30)(H,32,33);3H2,1-2H3/b16-13+;. The normalized spacial score (nSPS) is 13.6. The molecule has 4 N–H and O–H groups in total. The van der Waals surface area contributed by atoms with Crippen LogP contribution >= 0.6 is 0 Å². The van der Waals surface area contributed by atoms with Gasteiger partial charge >= 0.3 is 5.97 Å². The van der Waals surface area contributed by atoms with E-state index in [0.29, 0.717) is 0 Å². The lowest BCUT2D eigenvalue weighted by Crippen LogP contribution is -2.60. The first-order chi connectivity index (χ1) is 16.6. The van der Waals surface area contributed by atoms with E-state index >= 15 is 0 Å². The number of hydrogen-bond acceptors (Lipinski definition) is 5. The monoisotopic (exact) mass is 504 g/mol. The first kappa shape index (κ1) is 33.1. The fraction of sp³-hybridized carbons (Fsp3) is 0.607. The van der Waals surface area contributed by atoms with E-state index in [1.54, 1.807) is 14.1 Å². The minimum atomic E-state index is -1.03. The van der Waals surface area contributed by atoms with Crippen LogP contribution in [0.3, 0.4) is 0 Å². The Morgan fingerprint density at radius 1 is 1.06 bits per heavy atom. The maximum atomic E-state index is 13.4. The van der Waals surface area contributed by atoms with Gasteiger partial charge in [-0.3, -0.25) is 9.59 Å². The summed E-state index contributed by atoms with van der Waals surface area (Å²) >= 11 is 0. The molecule has 204 valence electrons. The van der Waals surface area contributed by atoms with Crippen molar-refractivity contribution in [3.8, 4) is 0 Å². The summed E-state index contributed by atoms with van der Waals surface area (Å²) in [4.78, 5) is 39.1. The van der Waals surface area contributed by atoms with Gasteiger partial charge in [-0.1, -0.05) is 73.1 Å². The van der Waals surface area contributed by atoms with Crippen molar-refractivity contribution < 1.29 is 19.5 Å². The first-order valence-electron chi connectivity index (χ1n) is 12.5. The molecule has 2 unspecified atom stereocenters. The van der Waals surface area contributed by atoms with Gasteiger partial charge in [0.2, 0.25) is 11.8 Å². The summed E-state index contributed by atoms with van der Waals surface area (Å²) in [5.74, 6) is -1.59. The van der Waals surface area contributed by atoms with E-state index in [2.05, 4.69) is 29.8 Å². The smallest absolute Gasteiger partial charge is 0.331 e. The molecule has 2 amide bonds. The van der Waals surface area contributed by atoms with Crippen molar-refractivity contribution in [2.24, 2.45) is 5.41 Å². The third-order valence-corrected chi connectivity index (χ3v) is 5.95. The number of amides is 2. The second kappa shape index (κ2) is 14.6. The number of hydrogen-bond donors (Lipinski definition) is 4. The van der Waals surface area contributed by atoms with Crippen LogP contribution in [0.4, 0.5) is 5.69 Å². The maximum Gasteiger partial charge on any atom is 0.331 e. The van der Waals surface area contributed by atoms with Gasteiger partial charge in [0.15, 0.2) is 0 Å². The fourth-order valence-electron chi connectivity index (χ4n) is 3.61. The van der Waals surface area contributed by atoms with Gasteiger partial charge < -0.3 is 26.0 Å². The molecule has 0 aliphatic rings. The molecule has 0 fully saturated rings. The molecule has 0 aromatic heterocycles. The molecular formula is C28H48N4O4. The number of nitrogens with one attached hydrogen (secondary N) is 3. The van der Waals surface area contributed by atoms with Gasteiger partial charge in [-0.2, -0.15) is 0 Å². The van der Waals surface area contributed by atoms with Gasteiger partial charge in [0.05, 0.1) is 6.04 Å². The van der Waals surface area contributed by atoms with Crippen LogP contribution in [-0.4, -0.2) is 67.6 Å². The van der Waals surface area contributed by atoms with Crippen LogP contribution in [-0.2, 0) is 19.8 Å². The molecule has 0 saturated heterocycles. The number of rotatable bonds is 10. The molecule has 0 radical (unpaired) electrons. The van der Waals surface area contributed by atoms with Gasteiger partial charge in [0.1, 0.15) is 6.04 Å². The molecule has 0 bridgehead atoms. The number of aliphatic carboxylic acids is 1. The van der Waals surface area contributed by atoms with E-state index in [0.717, 1.165) is 11.3 Å². The van der Waals surface area contributed by atoms with Crippen LogP contribution in [0.5, 0.6) is 0 Å². The number of nitrogens with zero attached hydrogens (tertiary/aromatic N) is 1. The predicted octanol–water partition coefficient (Wildman–Crippen LogP) is 4.03. The highest BCUT2D eigenvalue weighted by Crippen LogP contribution is 2.30. The van der Waals surface area contributed by atoms with Crippen molar-refractivity contribution in [3.63, 3.8) is 0 Å². The number of carbonyl (C=O) groups is 3. The minimum absolute atomic E-state index is 0.136. The molecule has 0 heterocycles. The Bertz CT molecular complexity index is 903. The Labute approximate surface area is 217 Å². The van der Waals surface area contributed by atoms with Gasteiger partial charge in [-0.05, 0) is 37.1 Å². The van der Waals surface area contributed by atoms with E-state index in [1.165, 1.54) is 24.3 Å². The average Bonchev–Trinajstić information content (AvgIpc) is 2.80. The SMILES string of the molecule is CCC.CNc1cccc(C(C)(C)C(NC)C(=O)NC(C(=O)N(C)C/C=C(\C)C(=O)O)C(C)(C)C)c1. The van der Waals surface area contributed by atoms with Crippen LogP contribution in [0.2, 0.25) is 0 Å². The molecule has 8 nitrogen and oxygen atoms in total. The summed E-state index contributed by atoms with van der Waals surface area (Å²) in [5.41, 5.74) is 0.969. The van der Waals surface area contributed by atoms with Crippen molar-refractivity contribution in [1.29, 1.82) is 0 Å². The zero-order valence-electron chi connectivity index (χ0n) is 24.1. The van der Waals surface area contributed by atoms with E-state index < -0.39 is 28.9 Å². The van der Waals surface area contributed by atoms with Crippen molar-refractivity contribution in [3.05, 3.63) is 41.5 Å². The molecule has 0 saturated carbocycles. The largest absolute Gasteiger partial charge is 0.478 e. The highest BCUT2D eigenvalue weighted by atomic mass is 16.4. The molecule has 1 aromatic carbocycles. The summed E-state index contributed by atoms with van der Waals surface area (Å²) in [6.45, 7) is 15.5. The van der Waals surface area contributed by atoms with Crippen LogP contribution in [0.15, 0.2) is 35.9 Å². The van der Waals surface area contributed by atoms with Crippen LogP contribution in [0.1, 0.15) is 67.4 Å². The Kier molecular flexibility index (Phi) is 13.5. The van der Waals surface area contributed by atoms with Gasteiger partial charge in [-0.25, -0.2) is 4.79 Å². The lowest BCUT2D eigenvalue weighted by molar-refractivity contribution is -0.139. The van der Waals surface area contributed by atoms with Crippen molar-refractivity contribution >= 4 is 23.5 Å². The zero-order chi connectivity index (χ0) is 28.3. The van der Waals surface area contributed by atoms with E-state index in [9.17, 15) is 14.4 Å². The van der Waals surface area contributed by atoms with E-state index in [-0.39, 0.29) is 23.9 Å². The molecule has 0 aliphatic carbocycles. The highest BCUT2D eigenvalue weighted by molar-refractivity contribution is 5.91. The van der Waals surface area contributed by atoms with Gasteiger partial charge in [-0.15, -0.1) is 0 Å². The van der Waals surface area contributed by atoms with Crippen LogP contribution < -0.4 is 16.0 Å². The molecular weight excluding hydrogens is 456 g/mol. The van der Waals surface area contributed by atoms with Crippen LogP contribution in [0.25, 0.3) is 0 Å². The second-order valence-corrected chi connectivity index (χ2v) is 10.7. The molecule has 2 atom stereocenters. The fourth-order valence-corrected chi connectivity index (χ4v) is 3.61. The Morgan fingerprint density at radius 2 is 1.61 bits per heavy atom. The third kappa shape index (κ3) is 9.64. The molecule has 0 spiro atoms. The Morgan fingerprint density at radius 3 is 2.06 bits per heavy atom. The number of carboxylic acid groups (broad SMARTS) is 1. The third-order valence-electron chi connectivity index (χ3n) is 5.95. The topological polar surface area (TPSA) is 111 Å². The number of carboxylic acids is 1. The number of anilines is 1. The summed E-state index contributed by atoms with van der Waals surface area (Å²) in [5, 5.41) is 18.2. The number of carbonyl (C=O) groups excluding carboxylic acids is 2. The number of likely N-dealkylation sites (N-methyl/N-ethyl adjacent to an activating group) is 2. The Balaban J connectivity index is 0.00000387. The summed E-state index contributed by atoms with van der Waals surface area (Å²) < 4.78 is 0. The lowest BCUT2D eigenvalue weighted by atomic mass is 9.76. The van der Waals surface area contributed by atoms with Crippen molar-refractivity contribution in [1.82, 2.24) is 15.5 Å². The predicted molar refractivity (Wildman–Crippen MR) is 148 cm³/mol. The lowest BCUT2D eigenvalue weighted by Gasteiger charge is -2.38. The molecule has 0 aliphatic heterocycles. The highest BCUT2D eigenvalue weighted by Gasteiger charge is 2.40. The molecule has 8 heteroatoms. The van der Waals surface area contributed by atoms with Gasteiger partial charge in [0, 0.05) is 37.3 Å². The summed E-state index contributed by atoms with van der Waals surface area (Å²) in [6, 6.07) is 6.51. The quantitative estimate of drug-likeness (QED) is 0.358. The second-order valence-electron chi connectivity index (χ2n) is 10.7. The number of benzene rings is 1. The van der Waals surface area contributed by atoms with Gasteiger partial charge in [0.25, 0.3) is 0 Å². The first-order valence-corrected chi connectivity index (χ1v) is 12.5. The van der Waals surface area contributed by atoms with E-state index in [1.807, 2.05) is 65.9 Å². The van der Waals surface area contributed by atoms with E-state index in [4.69, 9.17) is 5.11 Å². The zero-order valence-corrected chi connectivity index (χ0v) is 24.1. The minimum Gasteiger partial charge on any atom is -0.478 e.